The molecule has 0 bridgehead atoms. The Morgan fingerprint density at radius 1 is 1.50 bits per heavy atom. The average molecular weight is 260 g/mol. The number of hydrogen-bond donors (Lipinski definition) is 1. The van der Waals surface area contributed by atoms with Gasteiger partial charge in [0.15, 0.2) is 0 Å². The van der Waals surface area contributed by atoms with Gasteiger partial charge in [0.2, 0.25) is 10.0 Å². The van der Waals surface area contributed by atoms with E-state index in [2.05, 4.69) is 11.3 Å². The maximum Gasteiger partial charge on any atom is 0.241 e. The molecule has 0 atom stereocenters. The van der Waals surface area contributed by atoms with Gasteiger partial charge in [-0.05, 0) is 31.5 Å². The molecule has 0 saturated carbocycles. The highest BCUT2D eigenvalue weighted by Gasteiger charge is 2.17. The molecular formula is C11H14ClNO2S. The number of sulfonamides is 1. The van der Waals surface area contributed by atoms with E-state index in [0.717, 1.165) is 5.57 Å². The summed E-state index contributed by atoms with van der Waals surface area (Å²) in [6.45, 7) is 7.30. The highest BCUT2D eigenvalue weighted by atomic mass is 35.5. The summed E-state index contributed by atoms with van der Waals surface area (Å²) in [4.78, 5) is 0.209. The molecule has 1 rings (SSSR count). The molecule has 1 aromatic carbocycles. The fraction of sp³-hybridized carbons (Fsp3) is 0.273. The van der Waals surface area contributed by atoms with E-state index in [9.17, 15) is 8.42 Å². The Labute approximate surface area is 101 Å². The van der Waals surface area contributed by atoms with Crippen LogP contribution >= 0.6 is 11.6 Å². The molecule has 0 radical (unpaired) electrons. The lowest BCUT2D eigenvalue weighted by Crippen LogP contribution is -2.25. The zero-order valence-corrected chi connectivity index (χ0v) is 10.8. The minimum atomic E-state index is -3.50. The molecule has 1 N–H and O–H groups in total. The number of nitrogens with one attached hydrogen (secondary N) is 1. The van der Waals surface area contributed by atoms with Crippen molar-refractivity contribution in [1.29, 1.82) is 0 Å². The minimum absolute atomic E-state index is 0.209. The number of rotatable bonds is 4. The van der Waals surface area contributed by atoms with Crippen LogP contribution in [0.4, 0.5) is 0 Å². The number of hydrogen-bond acceptors (Lipinski definition) is 2. The van der Waals surface area contributed by atoms with Crippen LogP contribution in [0.5, 0.6) is 0 Å². The molecule has 0 unspecified atom stereocenters. The van der Waals surface area contributed by atoms with Crippen LogP contribution in [0.2, 0.25) is 5.02 Å². The lowest BCUT2D eigenvalue weighted by atomic mass is 10.2. The minimum Gasteiger partial charge on any atom is -0.207 e. The lowest BCUT2D eigenvalue weighted by Gasteiger charge is -2.09. The van der Waals surface area contributed by atoms with Crippen LogP contribution in [0.15, 0.2) is 35.2 Å². The summed E-state index contributed by atoms with van der Waals surface area (Å²) in [7, 11) is -3.50. The third kappa shape index (κ3) is 3.07. The van der Waals surface area contributed by atoms with Crippen molar-refractivity contribution in [1.82, 2.24) is 4.72 Å². The molecule has 0 aliphatic carbocycles. The summed E-state index contributed by atoms with van der Waals surface area (Å²) in [6, 6.07) is 4.81. The molecular weight excluding hydrogens is 246 g/mol. The molecule has 0 aliphatic rings. The van der Waals surface area contributed by atoms with Crippen molar-refractivity contribution >= 4 is 21.6 Å². The van der Waals surface area contributed by atoms with E-state index >= 15 is 0 Å². The third-order valence-electron chi connectivity index (χ3n) is 2.07. The smallest absolute Gasteiger partial charge is 0.207 e. The fourth-order valence-corrected chi connectivity index (χ4v) is 2.77. The molecule has 5 heteroatoms. The van der Waals surface area contributed by atoms with E-state index in [0.29, 0.717) is 10.6 Å². The second-order valence-corrected chi connectivity index (χ2v) is 5.79. The van der Waals surface area contributed by atoms with Gasteiger partial charge >= 0.3 is 0 Å². The van der Waals surface area contributed by atoms with Crippen LogP contribution in [0.1, 0.15) is 12.5 Å². The van der Waals surface area contributed by atoms with Crippen molar-refractivity contribution in [2.24, 2.45) is 0 Å². The molecule has 0 aromatic heterocycles. The van der Waals surface area contributed by atoms with Gasteiger partial charge in [0.25, 0.3) is 0 Å². The largest absolute Gasteiger partial charge is 0.241 e. The number of halogens is 1. The van der Waals surface area contributed by atoms with Crippen LogP contribution in [-0.4, -0.2) is 15.0 Å². The first-order valence-corrected chi connectivity index (χ1v) is 6.60. The summed E-state index contributed by atoms with van der Waals surface area (Å²) in [6.07, 6.45) is 0. The van der Waals surface area contributed by atoms with Gasteiger partial charge in [-0.25, -0.2) is 13.1 Å². The van der Waals surface area contributed by atoms with Gasteiger partial charge in [-0.1, -0.05) is 29.8 Å². The Morgan fingerprint density at radius 3 is 2.69 bits per heavy atom. The standard InChI is InChI=1S/C11H14ClNO2S/c1-8(2)7-13-16(14,15)11-6-4-5-10(12)9(11)3/h4-6,13H,1,7H2,2-3H3. The monoisotopic (exact) mass is 259 g/mol. The van der Waals surface area contributed by atoms with Gasteiger partial charge in [0, 0.05) is 11.6 Å². The predicted molar refractivity (Wildman–Crippen MR) is 66.2 cm³/mol. The molecule has 0 amide bonds. The topological polar surface area (TPSA) is 46.2 Å². The number of benzene rings is 1. The van der Waals surface area contributed by atoms with E-state index in [1.165, 1.54) is 6.07 Å². The highest BCUT2D eigenvalue weighted by Crippen LogP contribution is 2.22. The van der Waals surface area contributed by atoms with E-state index in [-0.39, 0.29) is 11.4 Å². The van der Waals surface area contributed by atoms with Gasteiger partial charge in [0.05, 0.1) is 4.90 Å². The van der Waals surface area contributed by atoms with Crippen LogP contribution in [0.3, 0.4) is 0 Å². The van der Waals surface area contributed by atoms with Gasteiger partial charge < -0.3 is 0 Å². The summed E-state index contributed by atoms with van der Waals surface area (Å²) >= 11 is 5.87. The van der Waals surface area contributed by atoms with E-state index in [1.807, 2.05) is 0 Å². The van der Waals surface area contributed by atoms with Gasteiger partial charge in [-0.15, -0.1) is 0 Å². The first-order valence-electron chi connectivity index (χ1n) is 4.74. The fourth-order valence-electron chi connectivity index (χ4n) is 1.17. The van der Waals surface area contributed by atoms with Crippen molar-refractivity contribution in [3.8, 4) is 0 Å². The lowest BCUT2D eigenvalue weighted by molar-refractivity contribution is 0.584. The third-order valence-corrected chi connectivity index (χ3v) is 4.03. The second-order valence-electron chi connectivity index (χ2n) is 3.64. The van der Waals surface area contributed by atoms with E-state index in [1.54, 1.807) is 26.0 Å². The van der Waals surface area contributed by atoms with Crippen molar-refractivity contribution in [2.75, 3.05) is 6.54 Å². The van der Waals surface area contributed by atoms with E-state index < -0.39 is 10.0 Å². The van der Waals surface area contributed by atoms with Crippen molar-refractivity contribution in [3.63, 3.8) is 0 Å². The van der Waals surface area contributed by atoms with Crippen LogP contribution < -0.4 is 4.72 Å². The van der Waals surface area contributed by atoms with Crippen LogP contribution in [0.25, 0.3) is 0 Å². The normalized spacial score (nSPS) is 11.4. The van der Waals surface area contributed by atoms with Crippen LogP contribution in [-0.2, 0) is 10.0 Å². The van der Waals surface area contributed by atoms with Gasteiger partial charge in [-0.3, -0.25) is 0 Å². The molecule has 88 valence electrons. The summed E-state index contributed by atoms with van der Waals surface area (Å²) in [5.41, 5.74) is 1.31. The molecule has 0 aliphatic heterocycles. The molecule has 0 heterocycles. The summed E-state index contributed by atoms with van der Waals surface area (Å²) in [5.74, 6) is 0. The van der Waals surface area contributed by atoms with Crippen molar-refractivity contribution < 1.29 is 8.42 Å². The maximum atomic E-state index is 11.9. The summed E-state index contributed by atoms with van der Waals surface area (Å²) < 4.78 is 26.3. The molecule has 0 saturated heterocycles. The summed E-state index contributed by atoms with van der Waals surface area (Å²) in [5, 5.41) is 0.443. The van der Waals surface area contributed by atoms with Gasteiger partial charge in [0.1, 0.15) is 0 Å². The SMILES string of the molecule is C=C(C)CNS(=O)(=O)c1cccc(Cl)c1C. The second kappa shape index (κ2) is 4.99. The first kappa shape index (κ1) is 13.2. The molecule has 3 nitrogen and oxygen atoms in total. The average Bonchev–Trinajstić information content (AvgIpc) is 2.19. The van der Waals surface area contributed by atoms with Crippen molar-refractivity contribution in [2.45, 2.75) is 18.7 Å². The predicted octanol–water partition coefficient (Wildman–Crippen LogP) is 2.50. The Balaban J connectivity index is 3.08. The Hall–Kier alpha value is -0.840. The van der Waals surface area contributed by atoms with Gasteiger partial charge in [-0.2, -0.15) is 0 Å². The zero-order valence-electron chi connectivity index (χ0n) is 9.25. The van der Waals surface area contributed by atoms with E-state index in [4.69, 9.17) is 11.6 Å². The molecule has 16 heavy (non-hydrogen) atoms. The zero-order chi connectivity index (χ0) is 12.3. The van der Waals surface area contributed by atoms with Crippen molar-refractivity contribution in [3.05, 3.63) is 40.9 Å². The first-order chi connectivity index (χ1) is 7.34. The molecule has 0 fully saturated rings. The quantitative estimate of drug-likeness (QED) is 0.845. The maximum absolute atomic E-state index is 11.9. The molecule has 0 spiro atoms. The Kier molecular flexibility index (Phi) is 4.13. The molecule has 1 aromatic rings. The van der Waals surface area contributed by atoms with Crippen LogP contribution in [0, 0.1) is 6.92 Å². The Morgan fingerprint density at radius 2 is 2.12 bits per heavy atom. The Bertz CT molecular complexity index is 509. The highest BCUT2D eigenvalue weighted by molar-refractivity contribution is 7.89.